The summed E-state index contributed by atoms with van der Waals surface area (Å²) in [5, 5.41) is 7.48. The predicted molar refractivity (Wildman–Crippen MR) is 160 cm³/mol. The van der Waals surface area contributed by atoms with Crippen LogP contribution in [0.25, 0.3) is 16.9 Å². The number of fused-ring (bicyclic) bond motifs is 1. The van der Waals surface area contributed by atoms with Gasteiger partial charge in [0.1, 0.15) is 17.7 Å². The number of nitrogens with zero attached hydrogens (tertiary/aromatic N) is 3. The number of rotatable bonds is 8. The van der Waals surface area contributed by atoms with Crippen LogP contribution in [0.1, 0.15) is 0 Å². The average Bonchev–Trinajstić information content (AvgIpc) is 3.77. The molecule has 0 saturated carbocycles. The molecule has 0 aliphatic heterocycles. The van der Waals surface area contributed by atoms with Crippen molar-refractivity contribution < 1.29 is 13.4 Å². The van der Waals surface area contributed by atoms with Gasteiger partial charge in [-0.1, -0.05) is 84.9 Å². The molecule has 0 spiro atoms. The average molecular weight is 542 g/mol. The van der Waals surface area contributed by atoms with Crippen molar-refractivity contribution in [2.75, 3.05) is 4.90 Å². The first-order valence-electron chi connectivity index (χ1n) is 12.9. The van der Waals surface area contributed by atoms with Crippen LogP contribution in [0, 0.1) is 0 Å². The number of benzene rings is 4. The molecule has 40 heavy (non-hydrogen) atoms. The van der Waals surface area contributed by atoms with Gasteiger partial charge in [-0.15, -0.1) is 0 Å². The van der Waals surface area contributed by atoms with Crippen LogP contribution in [0.15, 0.2) is 155 Å². The minimum absolute atomic E-state index is 0.436. The minimum Gasteiger partial charge on any atom is -0.464 e. The van der Waals surface area contributed by atoms with Crippen molar-refractivity contribution in [2.45, 2.75) is 0 Å². The lowest BCUT2D eigenvalue weighted by atomic mass is 10.2. The third-order valence-electron chi connectivity index (χ3n) is 6.48. The van der Waals surface area contributed by atoms with E-state index in [1.54, 1.807) is 17.1 Å². The highest BCUT2D eigenvalue weighted by molar-refractivity contribution is 7.68. The topological polar surface area (TPSA) is 56.6 Å². The van der Waals surface area contributed by atoms with E-state index in [1.165, 1.54) is 0 Å². The van der Waals surface area contributed by atoms with Gasteiger partial charge in [0.2, 0.25) is 5.88 Å². The Hall–Kier alpha value is -5.06. The van der Waals surface area contributed by atoms with E-state index in [0.717, 1.165) is 38.8 Å². The molecule has 0 bridgehead atoms. The third-order valence-corrected chi connectivity index (χ3v) is 8.41. The Morgan fingerprint density at radius 3 is 2.05 bits per heavy atom. The summed E-state index contributed by atoms with van der Waals surface area (Å²) in [6.45, 7) is 0. The normalized spacial score (nSPS) is 11.2. The van der Waals surface area contributed by atoms with Crippen LogP contribution in [0.4, 0.5) is 17.3 Å². The number of hydrogen-bond donors (Lipinski definition) is 0. The molecule has 0 aliphatic carbocycles. The van der Waals surface area contributed by atoms with E-state index in [9.17, 15) is 0 Å². The quantitative estimate of drug-likeness (QED) is 0.182. The van der Waals surface area contributed by atoms with E-state index in [0.29, 0.717) is 11.7 Å². The number of anilines is 3. The maximum atomic E-state index is 6.74. The molecule has 3 heterocycles. The van der Waals surface area contributed by atoms with Crippen LogP contribution in [-0.4, -0.2) is 9.78 Å². The number of furan rings is 2. The molecule has 0 fully saturated rings. The molecule has 0 atom stereocenters. The zero-order valence-corrected chi connectivity index (χ0v) is 22.3. The molecule has 0 unspecified atom stereocenters. The first-order chi connectivity index (χ1) is 19.8. The largest absolute Gasteiger partial charge is 0.464 e. The highest BCUT2D eigenvalue weighted by atomic mass is 31.1. The van der Waals surface area contributed by atoms with Crippen LogP contribution >= 0.6 is 8.15 Å². The molecule has 6 nitrogen and oxygen atoms in total. The van der Waals surface area contributed by atoms with E-state index in [-0.39, 0.29) is 0 Å². The second kappa shape index (κ2) is 10.6. The van der Waals surface area contributed by atoms with Crippen LogP contribution in [-0.2, 0) is 0 Å². The Kier molecular flexibility index (Phi) is 6.36. The van der Waals surface area contributed by atoms with Crippen molar-refractivity contribution in [3.63, 3.8) is 0 Å². The van der Waals surface area contributed by atoms with Crippen LogP contribution in [0.3, 0.4) is 0 Å². The van der Waals surface area contributed by atoms with Gasteiger partial charge < -0.3 is 13.4 Å². The van der Waals surface area contributed by atoms with Gasteiger partial charge in [0.05, 0.1) is 11.1 Å². The van der Waals surface area contributed by atoms with Gasteiger partial charge in [-0.05, 0) is 30.3 Å². The molecule has 0 amide bonds. The van der Waals surface area contributed by atoms with E-state index >= 15 is 0 Å². The van der Waals surface area contributed by atoms with Gasteiger partial charge in [-0.25, -0.2) is 4.68 Å². The highest BCUT2D eigenvalue weighted by Gasteiger charge is 2.22. The zero-order chi connectivity index (χ0) is 26.7. The Morgan fingerprint density at radius 1 is 0.700 bits per heavy atom. The maximum Gasteiger partial charge on any atom is 0.301 e. The van der Waals surface area contributed by atoms with E-state index in [2.05, 4.69) is 58.5 Å². The summed E-state index contributed by atoms with van der Waals surface area (Å²) in [5.74, 6) is 1.83. The minimum atomic E-state index is -1.07. The molecule has 4 aromatic carbocycles. The number of hydrogen-bond acceptors (Lipinski definition) is 5. The molecular formula is C33H24N3O3P. The molecule has 0 N–H and O–H groups in total. The molecule has 7 heteroatoms. The maximum absolute atomic E-state index is 6.74. The monoisotopic (exact) mass is 541 g/mol. The van der Waals surface area contributed by atoms with Gasteiger partial charge in [0.25, 0.3) is 0 Å². The second-order valence-corrected chi connectivity index (χ2v) is 10.9. The smallest absolute Gasteiger partial charge is 0.301 e. The molecule has 194 valence electrons. The van der Waals surface area contributed by atoms with Gasteiger partial charge in [0, 0.05) is 40.8 Å². The molecule has 0 saturated heterocycles. The van der Waals surface area contributed by atoms with E-state index < -0.39 is 8.15 Å². The lowest BCUT2D eigenvalue weighted by Crippen LogP contribution is -2.15. The molecule has 3 aromatic heterocycles. The van der Waals surface area contributed by atoms with Crippen molar-refractivity contribution in [3.8, 4) is 11.4 Å². The summed E-state index contributed by atoms with van der Waals surface area (Å²) >= 11 is 0. The Morgan fingerprint density at radius 2 is 1.38 bits per heavy atom. The van der Waals surface area contributed by atoms with Crippen molar-refractivity contribution in [1.29, 1.82) is 0 Å². The highest BCUT2D eigenvalue weighted by Crippen LogP contribution is 2.42. The third kappa shape index (κ3) is 4.66. The van der Waals surface area contributed by atoms with Crippen molar-refractivity contribution >= 4 is 47.2 Å². The van der Waals surface area contributed by atoms with Gasteiger partial charge in [-0.3, -0.25) is 4.90 Å². The second-order valence-electron chi connectivity index (χ2n) is 9.08. The molecule has 0 radical (unpaired) electrons. The summed E-state index contributed by atoms with van der Waals surface area (Å²) in [5.41, 5.74) is 2.67. The first kappa shape index (κ1) is 24.0. The number of aromatic nitrogens is 2. The van der Waals surface area contributed by atoms with Gasteiger partial charge in [0.15, 0.2) is 8.15 Å². The van der Waals surface area contributed by atoms with E-state index in [1.807, 2.05) is 85.1 Å². The summed E-state index contributed by atoms with van der Waals surface area (Å²) in [6.07, 6.45) is 5.27. The van der Waals surface area contributed by atoms with Crippen LogP contribution in [0.5, 0.6) is 5.75 Å². The van der Waals surface area contributed by atoms with E-state index in [4.69, 9.17) is 13.4 Å². The summed E-state index contributed by atoms with van der Waals surface area (Å²) in [4.78, 5) is 2.06. The fourth-order valence-electron chi connectivity index (χ4n) is 4.65. The number of para-hydroxylation sites is 1. The first-order valence-corrected chi connectivity index (χ1v) is 14.1. The summed E-state index contributed by atoms with van der Waals surface area (Å²) in [7, 11) is -1.07. The molecule has 7 rings (SSSR count). The fraction of sp³-hybridized carbons (Fsp3) is 0. The molecule has 0 aliphatic rings. The van der Waals surface area contributed by atoms with Crippen LogP contribution in [0.2, 0.25) is 0 Å². The Balaban J connectivity index is 1.29. The lowest BCUT2D eigenvalue weighted by molar-refractivity contribution is 0.481. The standard InChI is InChI=1S/C33H24N3O3P/c1-4-12-25(13-5-1)36(32-23-30-31(24-37-33(30)38-32)35-21-11-20-34-35)26-14-10-15-27(22-26)39-40(28-16-6-2-7-17-28)29-18-8-3-9-19-29/h1-24H. The lowest BCUT2D eigenvalue weighted by Gasteiger charge is -2.24. The molecular weight excluding hydrogens is 517 g/mol. The van der Waals surface area contributed by atoms with Crippen LogP contribution < -0.4 is 20.0 Å². The Labute approximate surface area is 232 Å². The van der Waals surface area contributed by atoms with Gasteiger partial charge in [-0.2, -0.15) is 5.10 Å². The van der Waals surface area contributed by atoms with Crippen molar-refractivity contribution in [3.05, 3.63) is 146 Å². The predicted octanol–water partition coefficient (Wildman–Crippen LogP) is 8.11. The SMILES string of the molecule is c1ccc(N(c2cccc(OP(c3ccccc3)c3ccccc3)c2)c2cc3c(-n4cccn4)coc3o2)cc1. The zero-order valence-electron chi connectivity index (χ0n) is 21.4. The van der Waals surface area contributed by atoms with Gasteiger partial charge >= 0.3 is 5.78 Å². The molecule has 7 aromatic rings. The van der Waals surface area contributed by atoms with Crippen molar-refractivity contribution in [2.24, 2.45) is 0 Å². The summed E-state index contributed by atoms with van der Waals surface area (Å²) < 4.78 is 20.5. The summed E-state index contributed by atoms with van der Waals surface area (Å²) in [6, 6.07) is 42.8. The van der Waals surface area contributed by atoms with Crippen molar-refractivity contribution in [1.82, 2.24) is 9.78 Å². The Bertz CT molecular complexity index is 1790. The fourth-order valence-corrected chi connectivity index (χ4v) is 6.37.